The second kappa shape index (κ2) is 8.80. The van der Waals surface area contributed by atoms with E-state index < -0.39 is 0 Å². The summed E-state index contributed by atoms with van der Waals surface area (Å²) in [6.45, 7) is 13.4. The molecule has 1 fully saturated rings. The van der Waals surface area contributed by atoms with Gasteiger partial charge in [0.05, 0.1) is 17.0 Å². The van der Waals surface area contributed by atoms with Gasteiger partial charge in [-0.25, -0.2) is 0 Å². The van der Waals surface area contributed by atoms with E-state index in [1.807, 2.05) is 30.3 Å². The zero-order valence-corrected chi connectivity index (χ0v) is 22.3. The highest BCUT2D eigenvalue weighted by Crippen LogP contribution is 2.42. The lowest BCUT2D eigenvalue weighted by Gasteiger charge is -2.46. The summed E-state index contributed by atoms with van der Waals surface area (Å²) in [5.74, 6) is -0.234. The molecule has 2 aromatic carbocycles. The normalized spacial score (nSPS) is 18.9. The monoisotopic (exact) mass is 524 g/mol. The number of anilines is 1. The van der Waals surface area contributed by atoms with Crippen molar-refractivity contribution in [2.45, 2.75) is 59.7 Å². The second-order valence-electron chi connectivity index (χ2n) is 9.57. The maximum atomic E-state index is 13.1. The van der Waals surface area contributed by atoms with Crippen LogP contribution in [-0.4, -0.2) is 27.6 Å². The van der Waals surface area contributed by atoms with Crippen molar-refractivity contribution in [3.8, 4) is 0 Å². The Labute approximate surface area is 208 Å². The molecule has 0 saturated carbocycles. The van der Waals surface area contributed by atoms with Gasteiger partial charge in [-0.15, -0.1) is 0 Å². The molecular formula is C27H29BrN2O2S. The summed E-state index contributed by atoms with van der Waals surface area (Å²) in [5, 5.41) is -0.228. The van der Waals surface area contributed by atoms with Gasteiger partial charge in [0.1, 0.15) is 0 Å². The Balaban J connectivity index is 1.67. The van der Waals surface area contributed by atoms with Crippen molar-refractivity contribution in [1.82, 2.24) is 4.90 Å². The largest absolute Gasteiger partial charge is 0.360 e. The molecule has 4 nitrogen and oxygen atoms in total. The molecule has 0 radical (unpaired) electrons. The van der Waals surface area contributed by atoms with Gasteiger partial charge in [0.15, 0.2) is 0 Å². The Kier molecular flexibility index (Phi) is 6.36. The summed E-state index contributed by atoms with van der Waals surface area (Å²) >= 11 is 4.43. The molecule has 0 N–H and O–H groups in total. The number of hydrogen-bond donors (Lipinski definition) is 0. The fourth-order valence-corrected chi connectivity index (χ4v) is 5.95. The molecule has 0 unspecified atom stereocenters. The summed E-state index contributed by atoms with van der Waals surface area (Å²) in [4.78, 5) is 29.9. The maximum Gasteiger partial charge on any atom is 0.293 e. The van der Waals surface area contributed by atoms with Crippen LogP contribution >= 0.6 is 27.7 Å². The van der Waals surface area contributed by atoms with Crippen LogP contribution in [0.15, 0.2) is 51.9 Å². The minimum absolute atomic E-state index is 0.0745. The van der Waals surface area contributed by atoms with Crippen LogP contribution < -0.4 is 4.90 Å². The molecule has 0 atom stereocenters. The van der Waals surface area contributed by atoms with Gasteiger partial charge in [-0.2, -0.15) is 0 Å². The molecule has 6 heteroatoms. The van der Waals surface area contributed by atoms with Crippen molar-refractivity contribution < 1.29 is 9.59 Å². The van der Waals surface area contributed by atoms with Crippen molar-refractivity contribution in [1.29, 1.82) is 0 Å². The minimum atomic E-state index is -0.234. The van der Waals surface area contributed by atoms with E-state index in [4.69, 9.17) is 0 Å². The van der Waals surface area contributed by atoms with Gasteiger partial charge in [-0.05, 0) is 106 Å². The lowest BCUT2D eigenvalue weighted by atomic mass is 9.86. The first-order valence-corrected chi connectivity index (χ1v) is 12.7. The number of halogens is 1. The third-order valence-electron chi connectivity index (χ3n) is 6.19. The molecule has 2 aliphatic rings. The topological polar surface area (TPSA) is 40.6 Å². The van der Waals surface area contributed by atoms with Crippen molar-refractivity contribution in [3.63, 3.8) is 0 Å². The summed E-state index contributed by atoms with van der Waals surface area (Å²) in [6.07, 6.45) is 4.18. The average Bonchev–Trinajstić information content (AvgIpc) is 2.97. The van der Waals surface area contributed by atoms with E-state index in [1.165, 1.54) is 21.7 Å². The van der Waals surface area contributed by atoms with E-state index in [-0.39, 0.29) is 23.2 Å². The maximum absolute atomic E-state index is 13.1. The van der Waals surface area contributed by atoms with Crippen LogP contribution in [0.5, 0.6) is 0 Å². The van der Waals surface area contributed by atoms with Crippen molar-refractivity contribution in [3.05, 3.63) is 74.1 Å². The number of allylic oxidation sites excluding steroid dienone is 1. The zero-order valence-electron chi connectivity index (χ0n) is 19.9. The van der Waals surface area contributed by atoms with E-state index in [1.54, 1.807) is 0 Å². The van der Waals surface area contributed by atoms with Gasteiger partial charge in [-0.3, -0.25) is 14.5 Å². The number of nitrogens with zero attached hydrogens (tertiary/aromatic N) is 2. The van der Waals surface area contributed by atoms with Gasteiger partial charge < -0.3 is 4.90 Å². The van der Waals surface area contributed by atoms with E-state index in [0.29, 0.717) is 10.9 Å². The molecule has 0 aromatic heterocycles. The third kappa shape index (κ3) is 4.56. The average molecular weight is 526 g/mol. The van der Waals surface area contributed by atoms with Crippen LogP contribution in [-0.2, 0) is 11.3 Å². The Morgan fingerprint density at radius 3 is 2.39 bits per heavy atom. The summed E-state index contributed by atoms with van der Waals surface area (Å²) in [7, 11) is 0. The Morgan fingerprint density at radius 2 is 1.76 bits per heavy atom. The summed E-state index contributed by atoms with van der Waals surface area (Å²) in [6, 6.07) is 12.4. The summed E-state index contributed by atoms with van der Waals surface area (Å²) in [5.41, 5.74) is 6.52. The van der Waals surface area contributed by atoms with Crippen LogP contribution in [0.25, 0.3) is 11.6 Å². The first-order chi connectivity index (χ1) is 15.5. The van der Waals surface area contributed by atoms with Crippen molar-refractivity contribution in [2.75, 3.05) is 4.90 Å². The molecular weight excluding hydrogens is 496 g/mol. The smallest absolute Gasteiger partial charge is 0.293 e. The highest BCUT2D eigenvalue weighted by atomic mass is 79.9. The summed E-state index contributed by atoms with van der Waals surface area (Å²) < 4.78 is 0.965. The van der Waals surface area contributed by atoms with Crippen LogP contribution in [0.1, 0.15) is 56.9 Å². The van der Waals surface area contributed by atoms with Gasteiger partial charge in [0, 0.05) is 21.8 Å². The minimum Gasteiger partial charge on any atom is -0.360 e. The number of amides is 2. The lowest BCUT2D eigenvalue weighted by molar-refractivity contribution is -0.123. The van der Waals surface area contributed by atoms with Crippen molar-refractivity contribution >= 4 is 56.2 Å². The number of fused-ring (bicyclic) bond motifs is 1. The number of imide groups is 1. The molecule has 1 saturated heterocycles. The van der Waals surface area contributed by atoms with Crippen LogP contribution in [0, 0.1) is 6.92 Å². The molecule has 0 bridgehead atoms. The fourth-order valence-electron chi connectivity index (χ4n) is 4.86. The standard InChI is InChI=1S/C27H29BrN2O2S/c1-16(2)30-23-11-17(3)20(12-22(23)18(4)14-27(30,5)6)13-24-25(31)29(26(32)33-24)15-19-7-9-21(28)10-8-19/h7-14,16H,15H2,1-6H3/b24-13-. The van der Waals surface area contributed by atoms with E-state index in [0.717, 1.165) is 32.9 Å². The van der Waals surface area contributed by atoms with Gasteiger partial charge in [-0.1, -0.05) is 34.1 Å². The second-order valence-corrected chi connectivity index (χ2v) is 11.5. The van der Waals surface area contributed by atoms with E-state index in [9.17, 15) is 9.59 Å². The van der Waals surface area contributed by atoms with Crippen LogP contribution in [0.3, 0.4) is 0 Å². The molecule has 33 heavy (non-hydrogen) atoms. The van der Waals surface area contributed by atoms with Gasteiger partial charge >= 0.3 is 0 Å². The van der Waals surface area contributed by atoms with Crippen LogP contribution in [0.4, 0.5) is 10.5 Å². The quantitative estimate of drug-likeness (QED) is 0.390. The molecule has 2 aromatic rings. The molecule has 0 spiro atoms. The third-order valence-corrected chi connectivity index (χ3v) is 7.63. The van der Waals surface area contributed by atoms with Gasteiger partial charge in [0.2, 0.25) is 0 Å². The SMILES string of the molecule is CC1=CC(C)(C)N(C(C)C)c2cc(C)c(/C=C3\SC(=O)N(Cc4ccc(Br)cc4)C3=O)cc21. The zero-order chi connectivity index (χ0) is 24.1. The number of hydrogen-bond acceptors (Lipinski definition) is 4. The molecule has 4 rings (SSSR count). The first kappa shape index (κ1) is 23.8. The lowest BCUT2D eigenvalue weighted by Crippen LogP contribution is -2.49. The predicted molar refractivity (Wildman–Crippen MR) is 142 cm³/mol. The molecule has 2 aliphatic heterocycles. The fraction of sp³-hybridized carbons (Fsp3) is 0.333. The van der Waals surface area contributed by atoms with E-state index >= 15 is 0 Å². The number of aryl methyl sites for hydroxylation is 1. The Hall–Kier alpha value is -2.31. The number of carbonyl (C=O) groups is 2. The Morgan fingerprint density at radius 1 is 1.09 bits per heavy atom. The molecule has 2 heterocycles. The molecule has 2 amide bonds. The van der Waals surface area contributed by atoms with E-state index in [2.05, 4.69) is 80.6 Å². The molecule has 172 valence electrons. The highest BCUT2D eigenvalue weighted by molar-refractivity contribution is 9.10. The Bertz CT molecular complexity index is 1200. The number of benzene rings is 2. The van der Waals surface area contributed by atoms with Crippen molar-refractivity contribution in [2.24, 2.45) is 0 Å². The number of thioether (sulfide) groups is 1. The highest BCUT2D eigenvalue weighted by Gasteiger charge is 2.36. The van der Waals surface area contributed by atoms with Crippen LogP contribution in [0.2, 0.25) is 0 Å². The van der Waals surface area contributed by atoms with Gasteiger partial charge in [0.25, 0.3) is 11.1 Å². The predicted octanol–water partition coefficient (Wildman–Crippen LogP) is 7.40. The number of rotatable bonds is 4. The first-order valence-electron chi connectivity index (χ1n) is 11.1. The number of carbonyl (C=O) groups excluding carboxylic acids is 2. The molecule has 0 aliphatic carbocycles.